The van der Waals surface area contributed by atoms with E-state index in [0.29, 0.717) is 5.76 Å². The predicted octanol–water partition coefficient (Wildman–Crippen LogP) is 4.31. The van der Waals surface area contributed by atoms with Gasteiger partial charge in [0.25, 0.3) is 0 Å². The normalized spacial score (nSPS) is 14.4. The first-order valence-electron chi connectivity index (χ1n) is 10.5. The van der Waals surface area contributed by atoms with Gasteiger partial charge in [0.2, 0.25) is 5.91 Å². The van der Waals surface area contributed by atoms with E-state index in [1.807, 2.05) is 54.6 Å². The monoisotopic (exact) mass is 447 g/mol. The van der Waals surface area contributed by atoms with E-state index < -0.39 is 0 Å². The molecule has 6 nitrogen and oxygen atoms in total. The standard InChI is InChI=1S/C25H25N3O3S/c29-24(13-11-22-10-12-23(31-22)20-4-2-1-3-5-20)27-25(32)26-21-8-6-19(7-9-21)18-28-14-16-30-17-15-28/h1-13H,14-18H2,(H2,26,27,29,32). The number of carbonyl (C=O) groups is 1. The fraction of sp³-hybridized carbons (Fsp3) is 0.200. The van der Waals surface area contributed by atoms with Gasteiger partial charge < -0.3 is 14.5 Å². The molecule has 32 heavy (non-hydrogen) atoms. The van der Waals surface area contributed by atoms with Crippen molar-refractivity contribution in [2.24, 2.45) is 0 Å². The minimum Gasteiger partial charge on any atom is -0.457 e. The molecule has 0 atom stereocenters. The highest BCUT2D eigenvalue weighted by atomic mass is 32.1. The van der Waals surface area contributed by atoms with Gasteiger partial charge in [-0.3, -0.25) is 15.0 Å². The Morgan fingerprint density at radius 3 is 2.50 bits per heavy atom. The third kappa shape index (κ3) is 6.37. The van der Waals surface area contributed by atoms with E-state index in [-0.39, 0.29) is 11.0 Å². The van der Waals surface area contributed by atoms with Crippen molar-refractivity contribution in [3.8, 4) is 11.3 Å². The van der Waals surface area contributed by atoms with Crippen LogP contribution in [0.2, 0.25) is 0 Å². The van der Waals surface area contributed by atoms with Crippen LogP contribution in [0.15, 0.2) is 77.2 Å². The molecule has 2 heterocycles. The zero-order valence-corrected chi connectivity index (χ0v) is 18.4. The molecular weight excluding hydrogens is 422 g/mol. The molecule has 0 saturated carbocycles. The van der Waals surface area contributed by atoms with E-state index in [2.05, 4.69) is 27.7 Å². The molecular formula is C25H25N3O3S. The maximum absolute atomic E-state index is 12.2. The number of benzene rings is 2. The number of morpholine rings is 1. The van der Waals surface area contributed by atoms with Crippen LogP contribution in [0.3, 0.4) is 0 Å². The van der Waals surface area contributed by atoms with Crippen LogP contribution >= 0.6 is 12.2 Å². The highest BCUT2D eigenvalue weighted by Gasteiger charge is 2.10. The van der Waals surface area contributed by atoms with E-state index >= 15 is 0 Å². The number of hydrogen-bond acceptors (Lipinski definition) is 5. The molecule has 1 aromatic heterocycles. The maximum atomic E-state index is 12.2. The molecule has 2 N–H and O–H groups in total. The summed E-state index contributed by atoms with van der Waals surface area (Å²) in [7, 11) is 0. The molecule has 164 valence electrons. The first-order chi connectivity index (χ1) is 15.7. The lowest BCUT2D eigenvalue weighted by Gasteiger charge is -2.26. The number of ether oxygens (including phenoxy) is 1. The Balaban J connectivity index is 1.25. The van der Waals surface area contributed by atoms with Gasteiger partial charge in [0.05, 0.1) is 13.2 Å². The number of anilines is 1. The molecule has 3 aromatic rings. The number of amides is 1. The van der Waals surface area contributed by atoms with Gasteiger partial charge in [-0.1, -0.05) is 42.5 Å². The summed E-state index contributed by atoms with van der Waals surface area (Å²) in [6, 6.07) is 21.5. The highest BCUT2D eigenvalue weighted by molar-refractivity contribution is 7.80. The summed E-state index contributed by atoms with van der Waals surface area (Å²) in [5.41, 5.74) is 3.03. The van der Waals surface area contributed by atoms with E-state index in [9.17, 15) is 4.79 Å². The van der Waals surface area contributed by atoms with Crippen LogP contribution < -0.4 is 10.6 Å². The van der Waals surface area contributed by atoms with Gasteiger partial charge in [-0.25, -0.2) is 0 Å². The number of nitrogens with zero attached hydrogens (tertiary/aromatic N) is 1. The fourth-order valence-electron chi connectivity index (χ4n) is 3.38. The molecule has 7 heteroatoms. The van der Waals surface area contributed by atoms with Crippen LogP contribution in [0.1, 0.15) is 11.3 Å². The van der Waals surface area contributed by atoms with Gasteiger partial charge in [-0.05, 0) is 48.1 Å². The minimum absolute atomic E-state index is 0.241. The number of furan rings is 1. The molecule has 1 fully saturated rings. The minimum atomic E-state index is -0.330. The highest BCUT2D eigenvalue weighted by Crippen LogP contribution is 2.22. The number of thiocarbonyl (C=S) groups is 1. The summed E-state index contributed by atoms with van der Waals surface area (Å²) in [5.74, 6) is 1.01. The maximum Gasteiger partial charge on any atom is 0.250 e. The molecule has 4 rings (SSSR count). The van der Waals surface area contributed by atoms with Gasteiger partial charge in [-0.2, -0.15) is 0 Å². The van der Waals surface area contributed by atoms with Crippen LogP contribution in [-0.2, 0) is 16.1 Å². The van der Waals surface area contributed by atoms with Crippen molar-refractivity contribution in [3.63, 3.8) is 0 Å². The summed E-state index contributed by atoms with van der Waals surface area (Å²) in [4.78, 5) is 14.6. The van der Waals surface area contributed by atoms with Crippen molar-refractivity contribution in [2.45, 2.75) is 6.54 Å². The number of rotatable bonds is 6. The first kappa shape index (κ1) is 22.0. The Morgan fingerprint density at radius 2 is 1.75 bits per heavy atom. The second-order valence-corrected chi connectivity index (χ2v) is 7.84. The van der Waals surface area contributed by atoms with Gasteiger partial charge in [0.1, 0.15) is 11.5 Å². The van der Waals surface area contributed by atoms with E-state index in [4.69, 9.17) is 21.4 Å². The Morgan fingerprint density at radius 1 is 1.00 bits per heavy atom. The summed E-state index contributed by atoms with van der Waals surface area (Å²) >= 11 is 5.25. The molecule has 1 saturated heterocycles. The lowest BCUT2D eigenvalue weighted by molar-refractivity contribution is -0.115. The third-order valence-corrected chi connectivity index (χ3v) is 5.25. The first-order valence-corrected chi connectivity index (χ1v) is 10.9. The van der Waals surface area contributed by atoms with Gasteiger partial charge >= 0.3 is 0 Å². The Hall–Kier alpha value is -3.26. The van der Waals surface area contributed by atoms with Crippen LogP contribution in [-0.4, -0.2) is 42.2 Å². The smallest absolute Gasteiger partial charge is 0.250 e. The van der Waals surface area contributed by atoms with Gasteiger partial charge in [-0.15, -0.1) is 0 Å². The molecule has 0 radical (unpaired) electrons. The number of hydrogen-bond donors (Lipinski definition) is 2. The Bertz CT molecular complexity index is 1070. The van der Waals surface area contributed by atoms with E-state index in [1.54, 1.807) is 6.08 Å². The van der Waals surface area contributed by atoms with Crippen molar-refractivity contribution >= 4 is 35.0 Å². The summed E-state index contributed by atoms with van der Waals surface area (Å²) in [5, 5.41) is 5.93. The second kappa shape index (κ2) is 10.9. The van der Waals surface area contributed by atoms with Gasteiger partial charge in [0.15, 0.2) is 5.11 Å². The average Bonchev–Trinajstić information content (AvgIpc) is 3.29. The van der Waals surface area contributed by atoms with Gasteiger partial charge in [0, 0.05) is 37.0 Å². The zero-order chi connectivity index (χ0) is 22.2. The topological polar surface area (TPSA) is 66.7 Å². The number of carbonyl (C=O) groups excluding carboxylic acids is 1. The lowest BCUT2D eigenvalue weighted by atomic mass is 10.2. The molecule has 0 spiro atoms. The third-order valence-electron chi connectivity index (χ3n) is 5.04. The molecule has 0 unspecified atom stereocenters. The number of nitrogens with one attached hydrogen (secondary N) is 2. The molecule has 1 aliphatic rings. The SMILES string of the molecule is O=C(C=Cc1ccc(-c2ccccc2)o1)NC(=S)Nc1ccc(CN2CCOCC2)cc1. The van der Waals surface area contributed by atoms with Crippen molar-refractivity contribution in [1.82, 2.24) is 10.2 Å². The molecule has 1 aliphatic heterocycles. The lowest BCUT2D eigenvalue weighted by Crippen LogP contribution is -2.35. The van der Waals surface area contributed by atoms with Crippen molar-refractivity contribution in [1.29, 1.82) is 0 Å². The molecule has 0 bridgehead atoms. The molecule has 0 aliphatic carbocycles. The Kier molecular flexibility index (Phi) is 7.45. The largest absolute Gasteiger partial charge is 0.457 e. The fourth-order valence-corrected chi connectivity index (χ4v) is 3.60. The van der Waals surface area contributed by atoms with Crippen LogP contribution in [0.25, 0.3) is 17.4 Å². The van der Waals surface area contributed by atoms with E-state index in [1.165, 1.54) is 11.6 Å². The average molecular weight is 448 g/mol. The summed E-state index contributed by atoms with van der Waals surface area (Å²) < 4.78 is 11.1. The van der Waals surface area contributed by atoms with Crippen LogP contribution in [0, 0.1) is 0 Å². The zero-order valence-electron chi connectivity index (χ0n) is 17.6. The van der Waals surface area contributed by atoms with Crippen molar-refractivity contribution < 1.29 is 13.9 Å². The Labute approximate surface area is 192 Å². The van der Waals surface area contributed by atoms with Crippen LogP contribution in [0.4, 0.5) is 5.69 Å². The quantitative estimate of drug-likeness (QED) is 0.434. The predicted molar refractivity (Wildman–Crippen MR) is 130 cm³/mol. The van der Waals surface area contributed by atoms with Crippen molar-refractivity contribution in [3.05, 3.63) is 84.1 Å². The second-order valence-electron chi connectivity index (χ2n) is 7.43. The summed E-state index contributed by atoms with van der Waals surface area (Å²) in [6.45, 7) is 4.38. The molecule has 2 aromatic carbocycles. The summed E-state index contributed by atoms with van der Waals surface area (Å²) in [6.07, 6.45) is 3.01. The van der Waals surface area contributed by atoms with E-state index in [0.717, 1.165) is 49.9 Å². The van der Waals surface area contributed by atoms with Crippen LogP contribution in [0.5, 0.6) is 0 Å². The molecule has 1 amide bonds. The van der Waals surface area contributed by atoms with Crippen molar-refractivity contribution in [2.75, 3.05) is 31.6 Å².